The third-order valence-electron chi connectivity index (χ3n) is 14.2. The third-order valence-corrected chi connectivity index (χ3v) is 14.2. The summed E-state index contributed by atoms with van der Waals surface area (Å²) in [5.74, 6) is 3.20. The third kappa shape index (κ3) is 5.26. The SMILES string of the molecule is c1ccc2c3c(ccc2c1)-c1nc-3nc2nc(nc3[nH]c(nc4nc(nc5[nH]c(n1)c1c6ccccc6ccc51)-c1c-4ccc4ccccc14)c1c4ccccc4ccc31)-c1c-2ccc2ccccc12. The monoisotopic (exact) mass is 892 g/mol. The molecule has 10 aromatic carbocycles. The van der Waals surface area contributed by atoms with E-state index in [0.717, 1.165) is 109 Å². The summed E-state index contributed by atoms with van der Waals surface area (Å²) in [6, 6.07) is 63.1. The maximum absolute atomic E-state index is 5.46. The van der Waals surface area contributed by atoms with E-state index in [-0.39, 0.29) is 0 Å². The average Bonchev–Trinajstić information content (AvgIpc) is 4.22. The summed E-state index contributed by atoms with van der Waals surface area (Å²) >= 11 is 0. The molecule has 0 saturated carbocycles. The number of benzene rings is 10. The smallest absolute Gasteiger partial charge is 0.165 e. The number of hydrogen-bond acceptors (Lipinski definition) is 8. The van der Waals surface area contributed by atoms with Crippen LogP contribution in [0, 0.1) is 0 Å². The zero-order valence-corrected chi connectivity index (χ0v) is 36.9. The Bertz CT molecular complexity index is 4800. The highest BCUT2D eigenvalue weighted by atomic mass is 15.1. The highest BCUT2D eigenvalue weighted by Gasteiger charge is 2.28. The van der Waals surface area contributed by atoms with Crippen LogP contribution in [0.1, 0.15) is 0 Å². The van der Waals surface area contributed by atoms with E-state index in [1.54, 1.807) is 0 Å². The van der Waals surface area contributed by atoms with Gasteiger partial charge >= 0.3 is 0 Å². The highest BCUT2D eigenvalue weighted by molar-refractivity contribution is 6.21. The van der Waals surface area contributed by atoms with Crippen molar-refractivity contribution >= 4 is 98.0 Å². The number of fused-ring (bicyclic) bond motifs is 35. The fourth-order valence-electron chi connectivity index (χ4n) is 11.0. The van der Waals surface area contributed by atoms with Gasteiger partial charge in [-0.1, -0.05) is 152 Å². The molecule has 322 valence electrons. The van der Waals surface area contributed by atoms with Crippen LogP contribution in [0.15, 0.2) is 182 Å². The first-order valence-electron chi connectivity index (χ1n) is 23.3. The Hall–Kier alpha value is -9.80. The van der Waals surface area contributed by atoms with Gasteiger partial charge in [0.05, 0.1) is 0 Å². The van der Waals surface area contributed by atoms with Crippen molar-refractivity contribution in [3.8, 4) is 68.3 Å². The molecule has 0 radical (unpaired) electrons. The molecule has 0 spiro atoms. The Labute approximate surface area is 396 Å². The molecule has 10 heteroatoms. The highest BCUT2D eigenvalue weighted by Crippen LogP contribution is 2.45. The van der Waals surface area contributed by atoms with Gasteiger partial charge in [-0.2, -0.15) is 0 Å². The Morgan fingerprint density at radius 3 is 0.886 bits per heavy atom. The number of hydrogen-bond donors (Lipinski definition) is 2. The summed E-state index contributed by atoms with van der Waals surface area (Å²) in [7, 11) is 0. The van der Waals surface area contributed by atoms with Crippen LogP contribution in [0.2, 0.25) is 0 Å². The number of H-pyrrole nitrogens is 2. The summed E-state index contributed by atoms with van der Waals surface area (Å²) in [6.45, 7) is 0. The molecule has 0 saturated heterocycles. The molecule has 3 aliphatic heterocycles. The van der Waals surface area contributed by atoms with Gasteiger partial charge in [-0.05, 0) is 84.2 Å². The maximum atomic E-state index is 5.46. The average molecular weight is 893 g/mol. The minimum atomic E-state index is 0.517. The van der Waals surface area contributed by atoms with Crippen molar-refractivity contribution in [3.63, 3.8) is 0 Å². The van der Waals surface area contributed by atoms with Gasteiger partial charge in [-0.15, -0.1) is 0 Å². The molecular weight excluding hydrogens is 861 g/mol. The maximum Gasteiger partial charge on any atom is 0.165 e. The standard InChI is InChI=1S/C60H32N10/c1-6-16-36-31(11-1)21-26-41-46(36)56-61-51(41)67-57-48-38-18-8-3-13-33(38)23-28-43(48)53(63-57)69-59-50-40-20-10-5-15-35(40)25-30-45(50)55(65-59)70-60-49-39-19-9-4-14-34(39)24-29-44(49)54(64-60)68-58-47-37-17-7-2-12-32(37)22-27-42(47)52(62-58)66-56/h1-30H,(H2,61,62,63,64,65,66,67,68,69,70). The van der Waals surface area contributed by atoms with Crippen LogP contribution in [-0.2, 0) is 0 Å². The molecule has 3 aliphatic rings. The quantitative estimate of drug-likeness (QED) is 0.154. The van der Waals surface area contributed by atoms with Crippen molar-refractivity contribution in [2.24, 2.45) is 0 Å². The van der Waals surface area contributed by atoms with E-state index < -0.39 is 0 Å². The van der Waals surface area contributed by atoms with Gasteiger partial charge in [-0.3, -0.25) is 0 Å². The van der Waals surface area contributed by atoms with Crippen molar-refractivity contribution < 1.29 is 0 Å². The minimum absolute atomic E-state index is 0.517. The molecule has 70 heavy (non-hydrogen) atoms. The second-order valence-corrected chi connectivity index (χ2v) is 18.0. The van der Waals surface area contributed by atoms with Gasteiger partial charge in [0.1, 0.15) is 22.6 Å². The number of nitrogens with one attached hydrogen (secondary N) is 2. The van der Waals surface area contributed by atoms with Crippen LogP contribution >= 0.6 is 0 Å². The molecule has 0 atom stereocenters. The summed E-state index contributed by atoms with van der Waals surface area (Å²) in [5.41, 5.74) is 7.83. The van der Waals surface area contributed by atoms with E-state index in [0.29, 0.717) is 57.5 Å². The van der Waals surface area contributed by atoms with Gasteiger partial charge in [0.2, 0.25) is 0 Å². The molecular formula is C60H32N10. The van der Waals surface area contributed by atoms with Gasteiger partial charge in [-0.25, -0.2) is 39.9 Å². The van der Waals surface area contributed by atoms with Crippen LogP contribution in [0.3, 0.4) is 0 Å². The van der Waals surface area contributed by atoms with E-state index in [9.17, 15) is 0 Å². The van der Waals surface area contributed by atoms with E-state index in [1.165, 1.54) is 0 Å². The Morgan fingerprint density at radius 2 is 0.500 bits per heavy atom. The molecule has 0 aliphatic carbocycles. The number of rotatable bonds is 0. The van der Waals surface area contributed by atoms with Crippen LogP contribution in [0.5, 0.6) is 0 Å². The summed E-state index contributed by atoms with van der Waals surface area (Å²) in [6.07, 6.45) is 0. The topological polar surface area (TPSA) is 135 Å². The lowest BCUT2D eigenvalue weighted by atomic mass is 9.99. The Balaban J connectivity index is 1.13. The first kappa shape index (κ1) is 37.3. The van der Waals surface area contributed by atoms with Gasteiger partial charge < -0.3 is 9.97 Å². The van der Waals surface area contributed by atoms with Crippen LogP contribution in [0.4, 0.5) is 0 Å². The molecule has 0 unspecified atom stereocenters. The molecule has 2 N–H and O–H groups in total. The van der Waals surface area contributed by atoms with Crippen molar-refractivity contribution in [2.75, 3.05) is 0 Å². The van der Waals surface area contributed by atoms with Gasteiger partial charge in [0.15, 0.2) is 34.9 Å². The summed E-state index contributed by atoms with van der Waals surface area (Å²) in [5, 5.41) is 14.2. The van der Waals surface area contributed by atoms with Gasteiger partial charge in [0, 0.05) is 54.9 Å². The lowest BCUT2D eigenvalue weighted by Gasteiger charge is -2.06. The largest absolute Gasteiger partial charge is 0.324 e. The fraction of sp³-hybridized carbons (Fsp3) is 0. The first-order valence-corrected chi connectivity index (χ1v) is 23.3. The van der Waals surface area contributed by atoms with E-state index in [4.69, 9.17) is 39.9 Å². The predicted octanol–water partition coefficient (Wildman–Crippen LogP) is 14.2. The Morgan fingerprint density at radius 1 is 0.214 bits per heavy atom. The van der Waals surface area contributed by atoms with Crippen LogP contribution < -0.4 is 0 Å². The zero-order valence-electron chi connectivity index (χ0n) is 36.9. The predicted molar refractivity (Wildman–Crippen MR) is 281 cm³/mol. The first-order chi connectivity index (χ1) is 34.7. The van der Waals surface area contributed by atoms with Crippen molar-refractivity contribution in [3.05, 3.63) is 182 Å². The number of aromatic amines is 2. The zero-order chi connectivity index (χ0) is 45.6. The van der Waals surface area contributed by atoms with E-state index >= 15 is 0 Å². The molecule has 16 rings (SSSR count). The lowest BCUT2D eigenvalue weighted by Crippen LogP contribution is -1.87. The molecule has 0 amide bonds. The summed E-state index contributed by atoms with van der Waals surface area (Å²) in [4.78, 5) is 50.7. The van der Waals surface area contributed by atoms with Crippen LogP contribution in [-0.4, -0.2) is 49.8 Å². The minimum Gasteiger partial charge on any atom is -0.324 e. The van der Waals surface area contributed by atoms with E-state index in [1.807, 2.05) is 0 Å². The van der Waals surface area contributed by atoms with Crippen molar-refractivity contribution in [1.82, 2.24) is 49.8 Å². The molecule has 6 heterocycles. The fourth-order valence-corrected chi connectivity index (χ4v) is 11.0. The van der Waals surface area contributed by atoms with Crippen molar-refractivity contribution in [1.29, 1.82) is 0 Å². The van der Waals surface area contributed by atoms with Crippen LogP contribution in [0.25, 0.3) is 166 Å². The molecule has 10 bridgehead atoms. The Kier molecular flexibility index (Phi) is 7.40. The number of nitrogens with zero attached hydrogens (tertiary/aromatic N) is 8. The molecule has 3 aromatic heterocycles. The van der Waals surface area contributed by atoms with Gasteiger partial charge in [0.25, 0.3) is 0 Å². The number of aromatic nitrogens is 10. The lowest BCUT2D eigenvalue weighted by molar-refractivity contribution is 1.17. The van der Waals surface area contributed by atoms with Crippen molar-refractivity contribution in [2.45, 2.75) is 0 Å². The van der Waals surface area contributed by atoms with E-state index in [2.05, 4.69) is 192 Å². The second-order valence-electron chi connectivity index (χ2n) is 18.0. The molecule has 0 fully saturated rings. The summed E-state index contributed by atoms with van der Waals surface area (Å²) < 4.78 is 0. The molecule has 10 nitrogen and oxygen atoms in total. The normalized spacial score (nSPS) is 12.3. The molecule has 13 aromatic rings. The second kappa shape index (κ2) is 13.9.